The fourth-order valence-corrected chi connectivity index (χ4v) is 3.04. The van der Waals surface area contributed by atoms with Gasteiger partial charge < -0.3 is 4.42 Å². The van der Waals surface area contributed by atoms with E-state index in [0.717, 1.165) is 31.2 Å². The number of benzene rings is 1. The number of aryl methyl sites for hydroxylation is 2. The third-order valence-corrected chi connectivity index (χ3v) is 4.60. The second-order valence-electron chi connectivity index (χ2n) is 6.42. The summed E-state index contributed by atoms with van der Waals surface area (Å²) < 4.78 is 5.56. The van der Waals surface area contributed by atoms with E-state index in [1.807, 2.05) is 0 Å². The van der Waals surface area contributed by atoms with Crippen molar-refractivity contribution in [1.29, 1.82) is 0 Å². The molecule has 23 heavy (non-hydrogen) atoms. The number of nitrogens with zero attached hydrogens (tertiary/aromatic N) is 2. The highest BCUT2D eigenvalue weighted by Gasteiger charge is 2.22. The third kappa shape index (κ3) is 3.97. The Morgan fingerprint density at radius 2 is 1.96 bits per heavy atom. The lowest BCUT2D eigenvalue weighted by atomic mass is 9.89. The van der Waals surface area contributed by atoms with Crippen molar-refractivity contribution in [1.82, 2.24) is 10.2 Å². The maximum atomic E-state index is 12.2. The molecule has 1 N–H and O–H groups in total. The number of nitrogens with one attached hydrogen (secondary N) is 1. The van der Waals surface area contributed by atoms with Crippen molar-refractivity contribution in [3.8, 4) is 0 Å². The second-order valence-corrected chi connectivity index (χ2v) is 6.42. The molecule has 0 radical (unpaired) electrons. The van der Waals surface area contributed by atoms with Gasteiger partial charge in [0.1, 0.15) is 0 Å². The van der Waals surface area contributed by atoms with Gasteiger partial charge in [-0.3, -0.25) is 10.1 Å². The van der Waals surface area contributed by atoms with Gasteiger partial charge >= 0.3 is 6.01 Å². The standard InChI is InChI=1S/C18H23N3O2/c1-12-8-9-14(10-13(12)2)11-16-20-21-18(23-16)19-17(22)15-6-4-3-5-7-15/h8-10,15H,3-7,11H2,1-2H3,(H,19,21,22). The molecule has 3 rings (SSSR count). The molecule has 0 atom stereocenters. The average Bonchev–Trinajstić information content (AvgIpc) is 2.99. The molecule has 1 aromatic carbocycles. The minimum Gasteiger partial charge on any atom is -0.407 e. The number of rotatable bonds is 4. The first kappa shape index (κ1) is 15.7. The molecular formula is C18H23N3O2. The van der Waals surface area contributed by atoms with Crippen LogP contribution >= 0.6 is 0 Å². The summed E-state index contributed by atoms with van der Waals surface area (Å²) in [6.45, 7) is 4.17. The lowest BCUT2D eigenvalue weighted by molar-refractivity contribution is -0.120. The lowest BCUT2D eigenvalue weighted by Gasteiger charge is -2.19. The van der Waals surface area contributed by atoms with Crippen molar-refractivity contribution in [3.05, 3.63) is 40.8 Å². The molecule has 1 fully saturated rings. The van der Waals surface area contributed by atoms with Crippen molar-refractivity contribution >= 4 is 11.9 Å². The minimum absolute atomic E-state index is 0.00563. The minimum atomic E-state index is 0.00563. The van der Waals surface area contributed by atoms with Crippen LogP contribution in [-0.2, 0) is 11.2 Å². The van der Waals surface area contributed by atoms with Gasteiger partial charge in [0, 0.05) is 5.92 Å². The van der Waals surface area contributed by atoms with Gasteiger partial charge in [0.05, 0.1) is 6.42 Å². The lowest BCUT2D eigenvalue weighted by Crippen LogP contribution is -2.24. The van der Waals surface area contributed by atoms with Gasteiger partial charge in [-0.15, -0.1) is 5.10 Å². The maximum absolute atomic E-state index is 12.2. The molecule has 1 amide bonds. The van der Waals surface area contributed by atoms with E-state index in [0.29, 0.717) is 12.3 Å². The number of amides is 1. The molecule has 122 valence electrons. The summed E-state index contributed by atoms with van der Waals surface area (Å²) in [6.07, 6.45) is 5.96. The van der Waals surface area contributed by atoms with E-state index >= 15 is 0 Å². The topological polar surface area (TPSA) is 68.0 Å². The number of aromatic nitrogens is 2. The van der Waals surface area contributed by atoms with Crippen molar-refractivity contribution < 1.29 is 9.21 Å². The summed E-state index contributed by atoms with van der Waals surface area (Å²) in [7, 11) is 0. The Labute approximate surface area is 136 Å². The fourth-order valence-electron chi connectivity index (χ4n) is 3.04. The second kappa shape index (κ2) is 6.94. The Balaban J connectivity index is 1.61. The van der Waals surface area contributed by atoms with Crippen LogP contribution in [0.5, 0.6) is 0 Å². The van der Waals surface area contributed by atoms with Crippen molar-refractivity contribution in [2.24, 2.45) is 5.92 Å². The van der Waals surface area contributed by atoms with Crippen molar-refractivity contribution in [2.75, 3.05) is 5.32 Å². The van der Waals surface area contributed by atoms with Crippen LogP contribution in [0.25, 0.3) is 0 Å². The highest BCUT2D eigenvalue weighted by atomic mass is 16.4. The third-order valence-electron chi connectivity index (χ3n) is 4.60. The Morgan fingerprint density at radius 3 is 2.70 bits per heavy atom. The first-order valence-electron chi connectivity index (χ1n) is 8.31. The van der Waals surface area contributed by atoms with Crippen LogP contribution in [0.4, 0.5) is 6.01 Å². The van der Waals surface area contributed by atoms with Gasteiger partial charge in [0.2, 0.25) is 11.8 Å². The van der Waals surface area contributed by atoms with Gasteiger partial charge in [-0.05, 0) is 43.4 Å². The van der Waals surface area contributed by atoms with Crippen LogP contribution in [0.1, 0.15) is 54.7 Å². The van der Waals surface area contributed by atoms with Gasteiger partial charge in [-0.25, -0.2) is 0 Å². The first-order valence-corrected chi connectivity index (χ1v) is 8.31. The zero-order valence-corrected chi connectivity index (χ0v) is 13.8. The van der Waals surface area contributed by atoms with E-state index in [1.54, 1.807) is 0 Å². The predicted octanol–water partition coefficient (Wildman–Crippen LogP) is 3.80. The zero-order valence-electron chi connectivity index (χ0n) is 13.8. The molecule has 0 aliphatic heterocycles. The Kier molecular flexibility index (Phi) is 4.74. The summed E-state index contributed by atoms with van der Waals surface area (Å²) in [5.41, 5.74) is 3.63. The number of hydrogen-bond donors (Lipinski definition) is 1. The van der Waals surface area contributed by atoms with Crippen LogP contribution < -0.4 is 5.32 Å². The Bertz CT molecular complexity index is 687. The monoisotopic (exact) mass is 313 g/mol. The van der Waals surface area contributed by atoms with Crippen LogP contribution in [0.3, 0.4) is 0 Å². The molecular weight excluding hydrogens is 290 g/mol. The molecule has 1 aliphatic carbocycles. The maximum Gasteiger partial charge on any atom is 0.322 e. The summed E-state index contributed by atoms with van der Waals surface area (Å²) in [5, 5.41) is 10.7. The largest absolute Gasteiger partial charge is 0.407 e. The van der Waals surface area contributed by atoms with Gasteiger partial charge in [0.25, 0.3) is 0 Å². The number of carbonyl (C=O) groups excluding carboxylic acids is 1. The molecule has 1 aliphatic rings. The molecule has 1 saturated carbocycles. The zero-order chi connectivity index (χ0) is 16.2. The van der Waals surface area contributed by atoms with Crippen molar-refractivity contribution in [3.63, 3.8) is 0 Å². The van der Waals surface area contributed by atoms with E-state index in [9.17, 15) is 4.79 Å². The molecule has 2 aromatic rings. The quantitative estimate of drug-likeness (QED) is 0.932. The highest BCUT2D eigenvalue weighted by Crippen LogP contribution is 2.25. The molecule has 0 spiro atoms. The number of hydrogen-bond acceptors (Lipinski definition) is 4. The first-order chi connectivity index (χ1) is 11.1. The van der Waals surface area contributed by atoms with E-state index in [2.05, 4.69) is 47.6 Å². The molecule has 5 nitrogen and oxygen atoms in total. The van der Waals surface area contributed by atoms with Crippen LogP contribution in [-0.4, -0.2) is 16.1 Å². The normalized spacial score (nSPS) is 15.6. The van der Waals surface area contributed by atoms with Crippen molar-refractivity contribution in [2.45, 2.75) is 52.4 Å². The number of anilines is 1. The molecule has 1 heterocycles. The molecule has 1 aromatic heterocycles. The van der Waals surface area contributed by atoms with Crippen LogP contribution in [0, 0.1) is 19.8 Å². The van der Waals surface area contributed by atoms with Gasteiger partial charge in [-0.2, -0.15) is 0 Å². The number of carbonyl (C=O) groups is 1. The van der Waals surface area contributed by atoms with Crippen LogP contribution in [0.15, 0.2) is 22.6 Å². The van der Waals surface area contributed by atoms with Gasteiger partial charge in [0.15, 0.2) is 0 Å². The smallest absolute Gasteiger partial charge is 0.322 e. The fraction of sp³-hybridized carbons (Fsp3) is 0.500. The molecule has 0 saturated heterocycles. The Hall–Kier alpha value is -2.17. The van der Waals surface area contributed by atoms with E-state index < -0.39 is 0 Å². The molecule has 0 unspecified atom stereocenters. The summed E-state index contributed by atoms with van der Waals surface area (Å²) in [6, 6.07) is 6.48. The summed E-state index contributed by atoms with van der Waals surface area (Å²) in [5.74, 6) is 0.608. The molecule has 0 bridgehead atoms. The van der Waals surface area contributed by atoms with E-state index in [4.69, 9.17) is 4.42 Å². The predicted molar refractivity (Wildman–Crippen MR) is 88.2 cm³/mol. The van der Waals surface area contributed by atoms with E-state index in [1.165, 1.54) is 17.5 Å². The SMILES string of the molecule is Cc1ccc(Cc2nnc(NC(=O)C3CCCCC3)o2)cc1C. The summed E-state index contributed by atoms with van der Waals surface area (Å²) in [4.78, 5) is 12.2. The Morgan fingerprint density at radius 1 is 1.17 bits per heavy atom. The van der Waals surface area contributed by atoms with E-state index in [-0.39, 0.29) is 17.8 Å². The summed E-state index contributed by atoms with van der Waals surface area (Å²) >= 11 is 0. The molecule has 5 heteroatoms. The van der Waals surface area contributed by atoms with Gasteiger partial charge in [-0.1, -0.05) is 42.6 Å². The van der Waals surface area contributed by atoms with Crippen LogP contribution in [0.2, 0.25) is 0 Å². The highest BCUT2D eigenvalue weighted by molar-refractivity contribution is 5.90. The average molecular weight is 313 g/mol.